The lowest BCUT2D eigenvalue weighted by Gasteiger charge is -2.34. The van der Waals surface area contributed by atoms with Crippen molar-refractivity contribution in [1.82, 2.24) is 5.32 Å². The molecule has 130 valence electrons. The maximum Gasteiger partial charge on any atom is 0.227 e. The van der Waals surface area contributed by atoms with Crippen LogP contribution in [0.25, 0.3) is 0 Å². The van der Waals surface area contributed by atoms with Crippen LogP contribution >= 0.6 is 12.4 Å². The van der Waals surface area contributed by atoms with Crippen molar-refractivity contribution in [3.8, 4) is 5.75 Å². The van der Waals surface area contributed by atoms with E-state index in [4.69, 9.17) is 15.2 Å². The molecule has 1 saturated heterocycles. The van der Waals surface area contributed by atoms with Gasteiger partial charge < -0.3 is 20.5 Å². The van der Waals surface area contributed by atoms with Crippen molar-refractivity contribution >= 4 is 18.3 Å². The molecule has 0 spiro atoms. The summed E-state index contributed by atoms with van der Waals surface area (Å²) in [7, 11) is 0. The average molecular weight is 343 g/mol. The van der Waals surface area contributed by atoms with E-state index in [0.717, 1.165) is 16.9 Å². The van der Waals surface area contributed by atoms with Crippen molar-refractivity contribution in [3.05, 3.63) is 29.3 Å². The molecule has 1 heterocycles. The van der Waals surface area contributed by atoms with E-state index < -0.39 is 5.41 Å². The van der Waals surface area contributed by atoms with Gasteiger partial charge in [0, 0.05) is 19.8 Å². The maximum atomic E-state index is 12.4. The third-order valence-electron chi connectivity index (χ3n) is 4.37. The summed E-state index contributed by atoms with van der Waals surface area (Å²) in [5, 5.41) is 2.95. The molecule has 1 aliphatic heterocycles. The fraction of sp³-hybridized carbons (Fsp3) is 0.588. The highest BCUT2D eigenvalue weighted by molar-refractivity contribution is 5.85. The summed E-state index contributed by atoms with van der Waals surface area (Å²) >= 11 is 0. The fourth-order valence-electron chi connectivity index (χ4n) is 2.82. The molecule has 0 bridgehead atoms. The van der Waals surface area contributed by atoms with Crippen LogP contribution in [-0.4, -0.2) is 38.8 Å². The largest absolute Gasteiger partial charge is 0.491 e. The number of hydrogen-bond acceptors (Lipinski definition) is 4. The van der Waals surface area contributed by atoms with Gasteiger partial charge in [-0.3, -0.25) is 4.79 Å². The molecule has 6 heteroatoms. The third-order valence-corrected chi connectivity index (χ3v) is 4.37. The Hall–Kier alpha value is -1.30. The number of hydrogen-bond donors (Lipinski definition) is 2. The molecule has 23 heavy (non-hydrogen) atoms. The topological polar surface area (TPSA) is 73.6 Å². The van der Waals surface area contributed by atoms with Crippen molar-refractivity contribution in [2.75, 3.05) is 32.9 Å². The first-order valence-electron chi connectivity index (χ1n) is 7.84. The van der Waals surface area contributed by atoms with Crippen LogP contribution in [0.15, 0.2) is 18.2 Å². The molecule has 2 rings (SSSR count). The smallest absolute Gasteiger partial charge is 0.227 e. The van der Waals surface area contributed by atoms with Gasteiger partial charge in [-0.15, -0.1) is 12.4 Å². The van der Waals surface area contributed by atoms with E-state index in [9.17, 15) is 4.79 Å². The number of nitrogens with two attached hydrogens (primary N) is 1. The van der Waals surface area contributed by atoms with Crippen LogP contribution in [0, 0.1) is 19.3 Å². The molecule has 0 aromatic heterocycles. The normalized spacial score (nSPS) is 16.3. The molecule has 1 aromatic rings. The quantitative estimate of drug-likeness (QED) is 0.775. The number of nitrogens with one attached hydrogen (secondary N) is 1. The van der Waals surface area contributed by atoms with Gasteiger partial charge in [-0.1, -0.05) is 18.2 Å². The zero-order valence-corrected chi connectivity index (χ0v) is 14.7. The second-order valence-electron chi connectivity index (χ2n) is 5.92. The van der Waals surface area contributed by atoms with Crippen molar-refractivity contribution in [3.63, 3.8) is 0 Å². The fourth-order valence-corrected chi connectivity index (χ4v) is 2.82. The minimum Gasteiger partial charge on any atom is -0.491 e. The summed E-state index contributed by atoms with van der Waals surface area (Å²) in [5.74, 6) is 0.916. The molecular weight excluding hydrogens is 316 g/mol. The van der Waals surface area contributed by atoms with Crippen molar-refractivity contribution in [2.45, 2.75) is 26.7 Å². The molecule has 0 unspecified atom stereocenters. The summed E-state index contributed by atoms with van der Waals surface area (Å²) in [6.07, 6.45) is 1.38. The number of halogens is 1. The van der Waals surface area contributed by atoms with Gasteiger partial charge in [-0.25, -0.2) is 0 Å². The van der Waals surface area contributed by atoms with Crippen molar-refractivity contribution < 1.29 is 14.3 Å². The Kier molecular flexibility index (Phi) is 7.82. The Morgan fingerprint density at radius 3 is 2.48 bits per heavy atom. The number of benzene rings is 1. The minimum absolute atomic E-state index is 0. The number of amides is 1. The Bertz CT molecular complexity index is 496. The Morgan fingerprint density at radius 2 is 1.91 bits per heavy atom. The Balaban J connectivity index is 0.00000264. The van der Waals surface area contributed by atoms with Gasteiger partial charge in [-0.05, 0) is 37.8 Å². The highest BCUT2D eigenvalue weighted by Crippen LogP contribution is 2.29. The summed E-state index contributed by atoms with van der Waals surface area (Å²) in [6, 6.07) is 6.05. The van der Waals surface area contributed by atoms with Crippen LogP contribution in [0.2, 0.25) is 0 Å². The van der Waals surface area contributed by atoms with Crippen LogP contribution in [0.1, 0.15) is 24.0 Å². The number of para-hydroxylation sites is 1. The lowest BCUT2D eigenvalue weighted by atomic mass is 9.79. The molecular formula is C17H27ClN2O3. The van der Waals surface area contributed by atoms with Gasteiger partial charge in [-0.2, -0.15) is 0 Å². The second-order valence-corrected chi connectivity index (χ2v) is 5.92. The number of carbonyl (C=O) groups is 1. The van der Waals surface area contributed by atoms with E-state index in [-0.39, 0.29) is 18.3 Å². The summed E-state index contributed by atoms with van der Waals surface area (Å²) in [6.45, 7) is 6.54. The van der Waals surface area contributed by atoms with Crippen LogP contribution in [0.3, 0.4) is 0 Å². The van der Waals surface area contributed by atoms with Gasteiger partial charge in [0.1, 0.15) is 12.4 Å². The third kappa shape index (κ3) is 4.83. The minimum atomic E-state index is -0.475. The molecule has 5 nitrogen and oxygen atoms in total. The summed E-state index contributed by atoms with van der Waals surface area (Å²) in [5.41, 5.74) is 7.56. The molecule has 0 aliphatic carbocycles. The zero-order valence-electron chi connectivity index (χ0n) is 13.9. The molecule has 0 atom stereocenters. The SMILES string of the molecule is Cc1cccc(C)c1OCCNC(=O)C1(CN)CCOCC1.Cl. The summed E-state index contributed by atoms with van der Waals surface area (Å²) in [4.78, 5) is 12.4. The van der Waals surface area contributed by atoms with Gasteiger partial charge in [0.2, 0.25) is 5.91 Å². The average Bonchev–Trinajstić information content (AvgIpc) is 2.54. The van der Waals surface area contributed by atoms with E-state index in [2.05, 4.69) is 5.32 Å². The lowest BCUT2D eigenvalue weighted by molar-refractivity contribution is -0.136. The van der Waals surface area contributed by atoms with Crippen LogP contribution in [0.4, 0.5) is 0 Å². The number of rotatable bonds is 6. The van der Waals surface area contributed by atoms with E-state index in [1.165, 1.54) is 0 Å². The van der Waals surface area contributed by atoms with Gasteiger partial charge in [0.25, 0.3) is 0 Å². The van der Waals surface area contributed by atoms with Crippen molar-refractivity contribution in [2.24, 2.45) is 11.1 Å². The summed E-state index contributed by atoms with van der Waals surface area (Å²) < 4.78 is 11.1. The van der Waals surface area contributed by atoms with Gasteiger partial charge in [0.05, 0.1) is 12.0 Å². The van der Waals surface area contributed by atoms with Gasteiger partial charge in [0.15, 0.2) is 0 Å². The number of aryl methyl sites for hydroxylation is 2. The standard InChI is InChI=1S/C17H26N2O3.ClH/c1-13-4-3-5-14(2)15(13)22-11-8-19-16(20)17(12-18)6-9-21-10-7-17;/h3-5H,6-12,18H2,1-2H3,(H,19,20);1H. The monoisotopic (exact) mass is 342 g/mol. The van der Waals surface area contributed by atoms with E-state index in [1.54, 1.807) is 0 Å². The molecule has 0 radical (unpaired) electrons. The predicted molar refractivity (Wildman–Crippen MR) is 93.2 cm³/mol. The zero-order chi connectivity index (χ0) is 16.0. The Labute approximate surface area is 144 Å². The second kappa shape index (κ2) is 9.11. The highest BCUT2D eigenvalue weighted by atomic mass is 35.5. The first-order valence-corrected chi connectivity index (χ1v) is 7.84. The van der Waals surface area contributed by atoms with Crippen LogP contribution < -0.4 is 15.8 Å². The number of ether oxygens (including phenoxy) is 2. The van der Waals surface area contributed by atoms with Crippen LogP contribution in [0.5, 0.6) is 5.75 Å². The molecule has 1 amide bonds. The Morgan fingerprint density at radius 1 is 1.30 bits per heavy atom. The van der Waals surface area contributed by atoms with Crippen LogP contribution in [-0.2, 0) is 9.53 Å². The predicted octanol–water partition coefficient (Wildman–Crippen LogP) is 1.98. The highest BCUT2D eigenvalue weighted by Gasteiger charge is 2.38. The molecule has 0 saturated carbocycles. The first kappa shape index (κ1) is 19.7. The van der Waals surface area contributed by atoms with E-state index >= 15 is 0 Å². The molecule has 1 aromatic carbocycles. The first-order chi connectivity index (χ1) is 10.6. The van der Waals surface area contributed by atoms with Gasteiger partial charge >= 0.3 is 0 Å². The lowest BCUT2D eigenvalue weighted by Crippen LogP contribution is -2.49. The molecule has 1 fully saturated rings. The molecule has 1 aliphatic rings. The number of carbonyl (C=O) groups excluding carboxylic acids is 1. The van der Waals surface area contributed by atoms with E-state index in [0.29, 0.717) is 45.8 Å². The maximum absolute atomic E-state index is 12.4. The van der Waals surface area contributed by atoms with Crippen molar-refractivity contribution in [1.29, 1.82) is 0 Å². The molecule has 3 N–H and O–H groups in total. The van der Waals surface area contributed by atoms with E-state index in [1.807, 2.05) is 32.0 Å².